The summed E-state index contributed by atoms with van der Waals surface area (Å²) in [6.45, 7) is 1.72. The molecule has 1 atom stereocenters. The highest BCUT2D eigenvalue weighted by Gasteiger charge is 2.24. The minimum atomic E-state index is -0.671. The summed E-state index contributed by atoms with van der Waals surface area (Å²) in [4.78, 5) is 22.1. The van der Waals surface area contributed by atoms with E-state index in [0.29, 0.717) is 6.42 Å². The van der Waals surface area contributed by atoms with Gasteiger partial charge in [-0.2, -0.15) is 0 Å². The zero-order valence-corrected chi connectivity index (χ0v) is 7.62. The average Bonchev–Trinajstić information content (AvgIpc) is 2.06. The third-order valence-corrected chi connectivity index (χ3v) is 1.57. The molecule has 1 unspecified atom stereocenters. The van der Waals surface area contributed by atoms with Crippen molar-refractivity contribution in [2.45, 2.75) is 13.3 Å². The first-order valence-corrected chi connectivity index (χ1v) is 3.76. The molecule has 0 saturated carbocycles. The lowest BCUT2D eigenvalue weighted by atomic mass is 10.0. The van der Waals surface area contributed by atoms with Gasteiger partial charge in [-0.05, 0) is 6.42 Å². The fourth-order valence-corrected chi connectivity index (χ4v) is 0.911. The van der Waals surface area contributed by atoms with E-state index in [4.69, 9.17) is 0 Å². The summed E-state index contributed by atoms with van der Waals surface area (Å²) < 4.78 is 9.08. The Bertz CT molecular complexity index is 164. The molecule has 0 fully saturated rings. The number of rotatable bonds is 5. The fraction of sp³-hybridized carbons (Fsp3) is 0.750. The molecule has 0 bridgehead atoms. The predicted molar refractivity (Wildman–Crippen MR) is 42.7 cm³/mol. The molecule has 0 aromatic heterocycles. The number of hydrogen-bond donors (Lipinski definition) is 0. The summed E-state index contributed by atoms with van der Waals surface area (Å²) in [5.74, 6) is -1.39. The van der Waals surface area contributed by atoms with Crippen molar-refractivity contribution < 1.29 is 19.1 Å². The van der Waals surface area contributed by atoms with Crippen LogP contribution >= 0.6 is 0 Å². The number of Topliss-reactive ketones (excluding diaryl/α,β-unsaturated/α-hetero) is 1. The highest BCUT2D eigenvalue weighted by molar-refractivity contribution is 5.99. The maximum atomic E-state index is 11.1. The zero-order valence-electron chi connectivity index (χ0n) is 7.62. The Hall–Kier alpha value is -0.900. The summed E-state index contributed by atoms with van der Waals surface area (Å²) >= 11 is 0. The Balaban J connectivity index is 4.14. The van der Waals surface area contributed by atoms with E-state index < -0.39 is 11.9 Å². The van der Waals surface area contributed by atoms with Gasteiger partial charge in [-0.25, -0.2) is 0 Å². The van der Waals surface area contributed by atoms with Crippen molar-refractivity contribution in [2.24, 2.45) is 5.92 Å². The van der Waals surface area contributed by atoms with E-state index in [9.17, 15) is 9.59 Å². The number of hydrogen-bond acceptors (Lipinski definition) is 4. The van der Waals surface area contributed by atoms with E-state index >= 15 is 0 Å². The zero-order chi connectivity index (χ0) is 9.56. The maximum Gasteiger partial charge on any atom is 0.316 e. The van der Waals surface area contributed by atoms with Gasteiger partial charge in [-0.15, -0.1) is 0 Å². The molecular formula is C8H14O4. The second-order valence-corrected chi connectivity index (χ2v) is 2.38. The van der Waals surface area contributed by atoms with Crippen molar-refractivity contribution in [2.75, 3.05) is 20.8 Å². The molecular weight excluding hydrogens is 160 g/mol. The molecule has 12 heavy (non-hydrogen) atoms. The fourth-order valence-electron chi connectivity index (χ4n) is 0.911. The largest absolute Gasteiger partial charge is 0.468 e. The molecule has 0 aliphatic rings. The van der Waals surface area contributed by atoms with E-state index in [1.807, 2.05) is 0 Å². The van der Waals surface area contributed by atoms with Gasteiger partial charge in [-0.3, -0.25) is 9.59 Å². The van der Waals surface area contributed by atoms with Crippen molar-refractivity contribution >= 4 is 11.8 Å². The number of esters is 1. The summed E-state index contributed by atoms with van der Waals surface area (Å²) in [5, 5.41) is 0. The number of carbonyl (C=O) groups is 2. The molecule has 0 amide bonds. The smallest absolute Gasteiger partial charge is 0.316 e. The molecule has 0 rings (SSSR count). The second kappa shape index (κ2) is 5.71. The Morgan fingerprint density at radius 3 is 2.25 bits per heavy atom. The van der Waals surface area contributed by atoms with Crippen LogP contribution in [0.2, 0.25) is 0 Å². The third kappa shape index (κ3) is 3.00. The molecule has 0 aromatic carbocycles. The summed E-state index contributed by atoms with van der Waals surface area (Å²) in [6.07, 6.45) is 0.453. The normalized spacial score (nSPS) is 12.2. The number of ketones is 1. The summed E-state index contributed by atoms with van der Waals surface area (Å²) in [5.41, 5.74) is 0. The van der Waals surface area contributed by atoms with Crippen molar-refractivity contribution in [3.63, 3.8) is 0 Å². The lowest BCUT2D eigenvalue weighted by molar-refractivity contribution is -0.150. The van der Waals surface area contributed by atoms with Crippen LogP contribution in [0.1, 0.15) is 13.3 Å². The van der Waals surface area contributed by atoms with E-state index in [-0.39, 0.29) is 12.4 Å². The monoisotopic (exact) mass is 174 g/mol. The van der Waals surface area contributed by atoms with Gasteiger partial charge >= 0.3 is 5.97 Å². The molecule has 70 valence electrons. The summed E-state index contributed by atoms with van der Waals surface area (Å²) in [6, 6.07) is 0. The molecule has 4 heteroatoms. The molecule has 0 N–H and O–H groups in total. The molecule has 0 aromatic rings. The first-order chi connectivity index (χ1) is 5.67. The number of carbonyl (C=O) groups excluding carboxylic acids is 2. The van der Waals surface area contributed by atoms with Crippen LogP contribution in [-0.2, 0) is 19.1 Å². The van der Waals surface area contributed by atoms with Crippen molar-refractivity contribution in [1.82, 2.24) is 0 Å². The Morgan fingerprint density at radius 1 is 1.33 bits per heavy atom. The molecule has 0 heterocycles. The van der Waals surface area contributed by atoms with Gasteiger partial charge in [0.15, 0.2) is 5.78 Å². The van der Waals surface area contributed by atoms with Crippen molar-refractivity contribution in [3.8, 4) is 0 Å². The molecule has 0 spiro atoms. The summed E-state index contributed by atoms with van der Waals surface area (Å²) in [7, 11) is 2.69. The average molecular weight is 174 g/mol. The van der Waals surface area contributed by atoms with Crippen LogP contribution < -0.4 is 0 Å². The highest BCUT2D eigenvalue weighted by Crippen LogP contribution is 2.06. The van der Waals surface area contributed by atoms with E-state index in [0.717, 1.165) is 0 Å². The van der Waals surface area contributed by atoms with Gasteiger partial charge in [-0.1, -0.05) is 6.92 Å². The van der Waals surface area contributed by atoms with Gasteiger partial charge in [0.05, 0.1) is 7.11 Å². The number of methoxy groups -OCH3 is 2. The SMILES string of the molecule is CCC(C(=O)COC)C(=O)OC. The maximum absolute atomic E-state index is 11.1. The van der Waals surface area contributed by atoms with Gasteiger partial charge in [0.25, 0.3) is 0 Å². The van der Waals surface area contributed by atoms with Crippen LogP contribution in [0, 0.1) is 5.92 Å². The quantitative estimate of drug-likeness (QED) is 0.447. The molecule has 0 aliphatic heterocycles. The Kier molecular flexibility index (Phi) is 5.28. The van der Waals surface area contributed by atoms with Crippen LogP contribution in [0.5, 0.6) is 0 Å². The topological polar surface area (TPSA) is 52.6 Å². The van der Waals surface area contributed by atoms with Crippen LogP contribution in [-0.4, -0.2) is 32.6 Å². The van der Waals surface area contributed by atoms with Crippen molar-refractivity contribution in [3.05, 3.63) is 0 Å². The Labute approximate surface area is 71.8 Å². The minimum Gasteiger partial charge on any atom is -0.468 e. The lowest BCUT2D eigenvalue weighted by Crippen LogP contribution is -2.27. The van der Waals surface area contributed by atoms with Gasteiger partial charge < -0.3 is 9.47 Å². The molecule has 0 saturated heterocycles. The first-order valence-electron chi connectivity index (χ1n) is 3.76. The van der Waals surface area contributed by atoms with Crippen LogP contribution in [0.4, 0.5) is 0 Å². The van der Waals surface area contributed by atoms with Gasteiger partial charge in [0.2, 0.25) is 0 Å². The van der Waals surface area contributed by atoms with Gasteiger partial charge in [0.1, 0.15) is 12.5 Å². The number of ether oxygens (including phenoxy) is 2. The second-order valence-electron chi connectivity index (χ2n) is 2.38. The third-order valence-electron chi connectivity index (χ3n) is 1.57. The predicted octanol–water partition coefficient (Wildman–Crippen LogP) is 0.401. The first kappa shape index (κ1) is 11.1. The van der Waals surface area contributed by atoms with E-state index in [1.54, 1.807) is 6.92 Å². The van der Waals surface area contributed by atoms with Crippen LogP contribution in [0.25, 0.3) is 0 Å². The lowest BCUT2D eigenvalue weighted by Gasteiger charge is -2.09. The standard InChI is InChI=1S/C8H14O4/c1-4-6(8(10)12-3)7(9)5-11-2/h6H,4-5H2,1-3H3. The van der Waals surface area contributed by atoms with Gasteiger partial charge in [0, 0.05) is 7.11 Å². The molecule has 0 aliphatic carbocycles. The van der Waals surface area contributed by atoms with Crippen LogP contribution in [0.15, 0.2) is 0 Å². The van der Waals surface area contributed by atoms with E-state index in [1.165, 1.54) is 14.2 Å². The van der Waals surface area contributed by atoms with Crippen LogP contribution in [0.3, 0.4) is 0 Å². The Morgan fingerprint density at radius 2 is 1.92 bits per heavy atom. The minimum absolute atomic E-state index is 0.0341. The van der Waals surface area contributed by atoms with E-state index in [2.05, 4.69) is 9.47 Å². The molecule has 0 radical (unpaired) electrons. The van der Waals surface area contributed by atoms with Crippen molar-refractivity contribution in [1.29, 1.82) is 0 Å². The molecule has 4 nitrogen and oxygen atoms in total. The highest BCUT2D eigenvalue weighted by atomic mass is 16.5.